The van der Waals surface area contributed by atoms with Crippen molar-refractivity contribution in [3.05, 3.63) is 46.7 Å². The molecule has 0 bridgehead atoms. The molecule has 3 heterocycles. The summed E-state index contributed by atoms with van der Waals surface area (Å²) < 4.78 is 0.886. The van der Waals surface area contributed by atoms with Gasteiger partial charge < -0.3 is 9.80 Å². The summed E-state index contributed by atoms with van der Waals surface area (Å²) in [5.41, 5.74) is 2.37. The Labute approximate surface area is 168 Å². The Morgan fingerprint density at radius 1 is 1.19 bits per heavy atom. The lowest BCUT2D eigenvalue weighted by Crippen LogP contribution is -2.47. The molecule has 0 aliphatic carbocycles. The number of carbonyl (C=O) groups is 1. The molecule has 6 nitrogen and oxygen atoms in total. The molecule has 0 spiro atoms. The largest absolute Gasteiger partial charge is 0.341 e. The predicted octanol–water partition coefficient (Wildman–Crippen LogP) is 2.73. The van der Waals surface area contributed by atoms with Crippen LogP contribution in [-0.2, 0) is 11.2 Å². The molecular weight excluding hydrogens is 406 g/mol. The van der Waals surface area contributed by atoms with E-state index in [1.54, 1.807) is 12.4 Å². The summed E-state index contributed by atoms with van der Waals surface area (Å²) >= 11 is 3.37. The summed E-state index contributed by atoms with van der Waals surface area (Å²) in [5.74, 6) is 0.962. The van der Waals surface area contributed by atoms with Gasteiger partial charge in [0, 0.05) is 50.8 Å². The predicted molar refractivity (Wildman–Crippen MR) is 110 cm³/mol. The fourth-order valence-corrected chi connectivity index (χ4v) is 4.19. The maximum Gasteiger partial charge on any atom is 0.241 e. The molecule has 1 aromatic heterocycles. The number of para-hydroxylation sites is 1. The van der Waals surface area contributed by atoms with Crippen LogP contribution >= 0.6 is 15.9 Å². The Morgan fingerprint density at radius 2 is 1.89 bits per heavy atom. The van der Waals surface area contributed by atoms with E-state index >= 15 is 0 Å². The van der Waals surface area contributed by atoms with E-state index in [4.69, 9.17) is 0 Å². The van der Waals surface area contributed by atoms with Gasteiger partial charge in [-0.1, -0.05) is 18.2 Å². The summed E-state index contributed by atoms with van der Waals surface area (Å²) in [6, 6.07) is 8.64. The third-order valence-corrected chi connectivity index (χ3v) is 5.98. The number of nitrogens with zero attached hydrogens (tertiary/aromatic N) is 5. The third kappa shape index (κ3) is 3.99. The molecule has 142 valence electrons. The topological polar surface area (TPSA) is 52.6 Å². The zero-order valence-electron chi connectivity index (χ0n) is 15.5. The van der Waals surface area contributed by atoms with Gasteiger partial charge in [0.15, 0.2) is 0 Å². The summed E-state index contributed by atoms with van der Waals surface area (Å²) in [6.07, 6.45) is 6.54. The lowest BCUT2D eigenvalue weighted by Gasteiger charge is -2.36. The average molecular weight is 430 g/mol. The highest BCUT2D eigenvalue weighted by atomic mass is 79.9. The molecule has 1 fully saturated rings. The van der Waals surface area contributed by atoms with Crippen LogP contribution in [0.25, 0.3) is 0 Å². The Balaban J connectivity index is 1.31. The number of piperidine rings is 1. The second-order valence-corrected chi connectivity index (χ2v) is 8.16. The number of amides is 1. The first kappa shape index (κ1) is 18.4. The Kier molecular flexibility index (Phi) is 5.41. The van der Waals surface area contributed by atoms with E-state index in [9.17, 15) is 4.79 Å². The van der Waals surface area contributed by atoms with Gasteiger partial charge in [0.25, 0.3) is 0 Å². The first-order valence-electron chi connectivity index (χ1n) is 9.43. The van der Waals surface area contributed by atoms with Crippen LogP contribution in [0.5, 0.6) is 0 Å². The molecule has 1 saturated heterocycles. The molecule has 2 aromatic rings. The summed E-state index contributed by atoms with van der Waals surface area (Å²) in [6.45, 7) is 3.15. The minimum atomic E-state index is 0.211. The number of halogens is 1. The SMILES string of the molecule is CN(c1ncc(Br)cn1)C1CCN(CC(=O)N2CCc3ccccc32)CC1. The van der Waals surface area contributed by atoms with Crippen molar-refractivity contribution in [3.63, 3.8) is 0 Å². The average Bonchev–Trinajstić information content (AvgIpc) is 3.13. The number of fused-ring (bicyclic) bond motifs is 1. The Morgan fingerprint density at radius 3 is 2.63 bits per heavy atom. The quantitative estimate of drug-likeness (QED) is 0.747. The molecule has 7 heteroatoms. The van der Waals surface area contributed by atoms with E-state index in [1.165, 1.54) is 5.56 Å². The minimum absolute atomic E-state index is 0.211. The zero-order chi connectivity index (χ0) is 18.8. The first-order chi connectivity index (χ1) is 13.1. The van der Waals surface area contributed by atoms with Crippen LogP contribution in [-0.4, -0.2) is 60.0 Å². The smallest absolute Gasteiger partial charge is 0.241 e. The molecule has 0 atom stereocenters. The first-order valence-corrected chi connectivity index (χ1v) is 10.2. The molecule has 2 aliphatic heterocycles. The number of carbonyl (C=O) groups excluding carboxylic acids is 1. The van der Waals surface area contributed by atoms with E-state index < -0.39 is 0 Å². The molecular formula is C20H24BrN5O. The third-order valence-electron chi connectivity index (χ3n) is 5.57. The van der Waals surface area contributed by atoms with Crippen LogP contribution in [0.15, 0.2) is 41.1 Å². The van der Waals surface area contributed by atoms with E-state index in [0.717, 1.165) is 55.0 Å². The fourth-order valence-electron chi connectivity index (χ4n) is 3.99. The van der Waals surface area contributed by atoms with Gasteiger partial charge >= 0.3 is 0 Å². The lowest BCUT2D eigenvalue weighted by atomic mass is 10.0. The van der Waals surface area contributed by atoms with E-state index in [0.29, 0.717) is 12.6 Å². The van der Waals surface area contributed by atoms with E-state index in [2.05, 4.69) is 54.9 Å². The number of hydrogen-bond donors (Lipinski definition) is 0. The summed E-state index contributed by atoms with van der Waals surface area (Å²) in [4.78, 5) is 27.9. The van der Waals surface area contributed by atoms with Gasteiger partial charge in [0.1, 0.15) is 0 Å². The number of rotatable bonds is 4. The van der Waals surface area contributed by atoms with Gasteiger partial charge in [-0.2, -0.15) is 0 Å². The number of aromatic nitrogens is 2. The van der Waals surface area contributed by atoms with Gasteiger partial charge in [0.2, 0.25) is 11.9 Å². The summed E-state index contributed by atoms with van der Waals surface area (Å²) in [7, 11) is 2.05. The van der Waals surface area contributed by atoms with Gasteiger partial charge in [-0.05, 0) is 46.8 Å². The highest BCUT2D eigenvalue weighted by Crippen LogP contribution is 2.28. The van der Waals surface area contributed by atoms with Crippen LogP contribution in [0.4, 0.5) is 11.6 Å². The fraction of sp³-hybridized carbons (Fsp3) is 0.450. The monoisotopic (exact) mass is 429 g/mol. The van der Waals surface area contributed by atoms with E-state index in [1.807, 2.05) is 17.0 Å². The number of anilines is 2. The van der Waals surface area contributed by atoms with Crippen molar-refractivity contribution in [1.29, 1.82) is 0 Å². The second-order valence-electron chi connectivity index (χ2n) is 7.24. The van der Waals surface area contributed by atoms with Crippen molar-refractivity contribution in [2.24, 2.45) is 0 Å². The highest BCUT2D eigenvalue weighted by Gasteiger charge is 2.28. The molecule has 27 heavy (non-hydrogen) atoms. The van der Waals surface area contributed by atoms with Crippen LogP contribution in [0, 0.1) is 0 Å². The summed E-state index contributed by atoms with van der Waals surface area (Å²) in [5, 5.41) is 0. The Bertz CT molecular complexity index is 804. The lowest BCUT2D eigenvalue weighted by molar-refractivity contribution is -0.119. The van der Waals surface area contributed by atoms with Crippen molar-refractivity contribution in [1.82, 2.24) is 14.9 Å². The number of likely N-dealkylation sites (tertiary alicyclic amines) is 1. The van der Waals surface area contributed by atoms with Crippen LogP contribution < -0.4 is 9.80 Å². The molecule has 0 N–H and O–H groups in total. The Hall–Kier alpha value is -1.99. The van der Waals surface area contributed by atoms with Gasteiger partial charge in [-0.3, -0.25) is 9.69 Å². The molecule has 0 saturated carbocycles. The van der Waals surface area contributed by atoms with Crippen LogP contribution in [0.1, 0.15) is 18.4 Å². The van der Waals surface area contributed by atoms with Crippen molar-refractivity contribution >= 4 is 33.5 Å². The highest BCUT2D eigenvalue weighted by molar-refractivity contribution is 9.10. The van der Waals surface area contributed by atoms with Gasteiger partial charge in [-0.15, -0.1) is 0 Å². The van der Waals surface area contributed by atoms with Crippen molar-refractivity contribution < 1.29 is 4.79 Å². The number of hydrogen-bond acceptors (Lipinski definition) is 5. The molecule has 2 aliphatic rings. The van der Waals surface area contributed by atoms with Gasteiger partial charge in [-0.25, -0.2) is 9.97 Å². The second kappa shape index (κ2) is 7.94. The van der Waals surface area contributed by atoms with Gasteiger partial charge in [0.05, 0.1) is 11.0 Å². The normalized spacial score (nSPS) is 17.8. The van der Waals surface area contributed by atoms with E-state index in [-0.39, 0.29) is 5.91 Å². The standard InChI is InChI=1S/C20H24BrN5O/c1-24(20-22-12-16(21)13-23-20)17-7-9-25(10-8-17)14-19(27)26-11-6-15-4-2-3-5-18(15)26/h2-5,12-13,17H,6-11,14H2,1H3. The van der Waals surface area contributed by atoms with Crippen molar-refractivity contribution in [3.8, 4) is 0 Å². The van der Waals surface area contributed by atoms with Crippen LogP contribution in [0.2, 0.25) is 0 Å². The molecule has 0 radical (unpaired) electrons. The molecule has 0 unspecified atom stereocenters. The van der Waals surface area contributed by atoms with Crippen LogP contribution in [0.3, 0.4) is 0 Å². The zero-order valence-corrected chi connectivity index (χ0v) is 17.1. The van der Waals surface area contributed by atoms with Crippen molar-refractivity contribution in [2.45, 2.75) is 25.3 Å². The van der Waals surface area contributed by atoms with Crippen molar-refractivity contribution in [2.75, 3.05) is 43.0 Å². The molecule has 1 aromatic carbocycles. The molecule has 4 rings (SSSR count). The molecule has 1 amide bonds. The minimum Gasteiger partial charge on any atom is -0.341 e. The maximum absolute atomic E-state index is 12.8. The number of benzene rings is 1. The maximum atomic E-state index is 12.8.